The number of aryl methyl sites for hydroxylation is 1. The van der Waals surface area contributed by atoms with Gasteiger partial charge in [-0.2, -0.15) is 0 Å². The maximum absolute atomic E-state index is 13.0. The summed E-state index contributed by atoms with van der Waals surface area (Å²) in [6, 6.07) is 4.00. The molecule has 0 radical (unpaired) electrons. The summed E-state index contributed by atoms with van der Waals surface area (Å²) < 4.78 is 13.0. The second kappa shape index (κ2) is 5.17. The van der Waals surface area contributed by atoms with Crippen LogP contribution in [0.3, 0.4) is 0 Å². The van der Waals surface area contributed by atoms with Crippen LogP contribution in [0.25, 0.3) is 0 Å². The first-order chi connectivity index (χ1) is 7.78. The molecule has 3 nitrogen and oxygen atoms in total. The van der Waals surface area contributed by atoms with E-state index in [1.54, 1.807) is 6.07 Å². The number of anilines is 1. The zero-order chi connectivity index (χ0) is 13.1. The number of carbonyl (C=O) groups excluding carboxylic acids is 1. The van der Waals surface area contributed by atoms with Crippen LogP contribution in [0.5, 0.6) is 0 Å². The van der Waals surface area contributed by atoms with Gasteiger partial charge in [-0.1, -0.05) is 26.8 Å². The average molecular weight is 238 g/mol. The van der Waals surface area contributed by atoms with Crippen LogP contribution in [0.4, 0.5) is 14.9 Å². The van der Waals surface area contributed by atoms with Crippen molar-refractivity contribution >= 4 is 11.7 Å². The van der Waals surface area contributed by atoms with E-state index in [0.717, 1.165) is 5.56 Å². The zero-order valence-corrected chi connectivity index (χ0v) is 10.7. The molecule has 4 heteroatoms. The first-order valence-corrected chi connectivity index (χ1v) is 5.59. The van der Waals surface area contributed by atoms with Crippen molar-refractivity contribution in [2.75, 3.05) is 11.9 Å². The van der Waals surface area contributed by atoms with Gasteiger partial charge in [0.15, 0.2) is 0 Å². The minimum absolute atomic E-state index is 0.0221. The highest BCUT2D eigenvalue weighted by atomic mass is 19.1. The number of carbonyl (C=O) groups is 1. The molecule has 1 aromatic carbocycles. The number of hydrogen-bond donors (Lipinski definition) is 2. The number of benzene rings is 1. The first-order valence-electron chi connectivity index (χ1n) is 5.59. The van der Waals surface area contributed by atoms with Gasteiger partial charge in [0.05, 0.1) is 0 Å². The van der Waals surface area contributed by atoms with Gasteiger partial charge in [-0.05, 0) is 30.0 Å². The van der Waals surface area contributed by atoms with Crippen molar-refractivity contribution < 1.29 is 9.18 Å². The molecule has 0 aliphatic carbocycles. The first kappa shape index (κ1) is 13.5. The van der Waals surface area contributed by atoms with Crippen LogP contribution in [0.2, 0.25) is 0 Å². The SMILES string of the molecule is Cc1ccc(F)cc1NC(=O)NCC(C)(C)C. The molecule has 0 aromatic heterocycles. The molecule has 0 aliphatic heterocycles. The lowest BCUT2D eigenvalue weighted by Gasteiger charge is -2.19. The molecular formula is C13H19FN2O. The second-order valence-electron chi connectivity index (χ2n) is 5.33. The van der Waals surface area contributed by atoms with Gasteiger partial charge in [-0.25, -0.2) is 9.18 Å². The van der Waals surface area contributed by atoms with Crippen molar-refractivity contribution in [3.8, 4) is 0 Å². The molecule has 0 spiro atoms. The molecule has 17 heavy (non-hydrogen) atoms. The minimum atomic E-state index is -0.360. The molecule has 0 atom stereocenters. The third kappa shape index (κ3) is 4.85. The van der Waals surface area contributed by atoms with Crippen LogP contribution in [-0.4, -0.2) is 12.6 Å². The highest BCUT2D eigenvalue weighted by Crippen LogP contribution is 2.16. The van der Waals surface area contributed by atoms with Crippen molar-refractivity contribution in [1.29, 1.82) is 0 Å². The molecule has 0 fully saturated rings. The van der Waals surface area contributed by atoms with E-state index in [1.165, 1.54) is 12.1 Å². The Kier molecular flexibility index (Phi) is 4.10. The summed E-state index contributed by atoms with van der Waals surface area (Å²) in [7, 11) is 0. The minimum Gasteiger partial charge on any atom is -0.337 e. The number of nitrogens with one attached hydrogen (secondary N) is 2. The van der Waals surface area contributed by atoms with Gasteiger partial charge in [0, 0.05) is 12.2 Å². The van der Waals surface area contributed by atoms with E-state index < -0.39 is 0 Å². The van der Waals surface area contributed by atoms with Gasteiger partial charge in [-0.3, -0.25) is 0 Å². The van der Waals surface area contributed by atoms with Crippen molar-refractivity contribution in [3.05, 3.63) is 29.6 Å². The summed E-state index contributed by atoms with van der Waals surface area (Å²) in [4.78, 5) is 11.6. The summed E-state index contributed by atoms with van der Waals surface area (Å²) in [5.41, 5.74) is 1.35. The van der Waals surface area contributed by atoms with Crippen molar-refractivity contribution in [2.45, 2.75) is 27.7 Å². The largest absolute Gasteiger partial charge is 0.337 e. The quantitative estimate of drug-likeness (QED) is 0.815. The van der Waals surface area contributed by atoms with Gasteiger partial charge < -0.3 is 10.6 Å². The number of urea groups is 1. The Morgan fingerprint density at radius 3 is 2.59 bits per heavy atom. The number of hydrogen-bond acceptors (Lipinski definition) is 1. The van der Waals surface area contributed by atoms with E-state index in [0.29, 0.717) is 12.2 Å². The third-order valence-corrected chi connectivity index (χ3v) is 2.23. The fourth-order valence-corrected chi connectivity index (χ4v) is 1.24. The number of halogens is 1. The topological polar surface area (TPSA) is 41.1 Å². The van der Waals surface area contributed by atoms with Crippen LogP contribution in [-0.2, 0) is 0 Å². The van der Waals surface area contributed by atoms with E-state index in [-0.39, 0.29) is 17.3 Å². The van der Waals surface area contributed by atoms with Gasteiger partial charge >= 0.3 is 6.03 Å². The Morgan fingerprint density at radius 1 is 1.35 bits per heavy atom. The van der Waals surface area contributed by atoms with Gasteiger partial charge in [0.2, 0.25) is 0 Å². The summed E-state index contributed by atoms with van der Waals surface area (Å²) in [5, 5.41) is 5.38. The van der Waals surface area contributed by atoms with E-state index in [1.807, 2.05) is 27.7 Å². The maximum Gasteiger partial charge on any atom is 0.319 e. The molecule has 0 saturated heterocycles. The van der Waals surface area contributed by atoms with Crippen molar-refractivity contribution in [1.82, 2.24) is 5.32 Å². The van der Waals surface area contributed by atoms with Gasteiger partial charge in [0.25, 0.3) is 0 Å². The highest BCUT2D eigenvalue weighted by Gasteiger charge is 2.12. The lowest BCUT2D eigenvalue weighted by Crippen LogP contribution is -2.35. The lowest BCUT2D eigenvalue weighted by atomic mass is 9.97. The Morgan fingerprint density at radius 2 is 2.00 bits per heavy atom. The summed E-state index contributed by atoms with van der Waals surface area (Å²) in [6.45, 7) is 8.47. The lowest BCUT2D eigenvalue weighted by molar-refractivity contribution is 0.247. The molecule has 94 valence electrons. The van der Waals surface area contributed by atoms with E-state index in [9.17, 15) is 9.18 Å². The second-order valence-corrected chi connectivity index (χ2v) is 5.33. The molecule has 0 unspecified atom stereocenters. The molecule has 0 heterocycles. The van der Waals surface area contributed by atoms with E-state index in [2.05, 4.69) is 10.6 Å². The smallest absolute Gasteiger partial charge is 0.319 e. The molecular weight excluding hydrogens is 219 g/mol. The Hall–Kier alpha value is -1.58. The average Bonchev–Trinajstić information content (AvgIpc) is 2.20. The summed E-state index contributed by atoms with van der Waals surface area (Å²) in [5.74, 6) is -0.360. The molecule has 2 amide bonds. The van der Waals surface area contributed by atoms with E-state index >= 15 is 0 Å². The molecule has 0 bridgehead atoms. The standard InChI is InChI=1S/C13H19FN2O/c1-9-5-6-10(14)7-11(9)16-12(17)15-8-13(2,3)4/h5-7H,8H2,1-4H3,(H2,15,16,17). The van der Waals surface area contributed by atoms with Crippen LogP contribution < -0.4 is 10.6 Å². The van der Waals surface area contributed by atoms with Crippen LogP contribution in [0.15, 0.2) is 18.2 Å². The van der Waals surface area contributed by atoms with E-state index in [4.69, 9.17) is 0 Å². The maximum atomic E-state index is 13.0. The zero-order valence-electron chi connectivity index (χ0n) is 10.7. The molecule has 2 N–H and O–H groups in total. The predicted octanol–water partition coefficient (Wildman–Crippen LogP) is 3.30. The van der Waals surface area contributed by atoms with Crippen LogP contribution >= 0.6 is 0 Å². The van der Waals surface area contributed by atoms with Crippen molar-refractivity contribution in [2.24, 2.45) is 5.41 Å². The predicted molar refractivity (Wildman–Crippen MR) is 67.6 cm³/mol. The Labute approximate surface area is 101 Å². The monoisotopic (exact) mass is 238 g/mol. The van der Waals surface area contributed by atoms with Gasteiger partial charge in [-0.15, -0.1) is 0 Å². The van der Waals surface area contributed by atoms with Crippen LogP contribution in [0, 0.1) is 18.2 Å². The summed E-state index contributed by atoms with van der Waals surface area (Å²) >= 11 is 0. The normalized spacial score (nSPS) is 11.1. The number of rotatable bonds is 2. The molecule has 1 aromatic rings. The fraction of sp³-hybridized carbons (Fsp3) is 0.462. The molecule has 0 aliphatic rings. The van der Waals surface area contributed by atoms with Crippen LogP contribution in [0.1, 0.15) is 26.3 Å². The van der Waals surface area contributed by atoms with Crippen molar-refractivity contribution in [3.63, 3.8) is 0 Å². The number of amides is 2. The highest BCUT2D eigenvalue weighted by molar-refractivity contribution is 5.90. The third-order valence-electron chi connectivity index (χ3n) is 2.23. The Balaban J connectivity index is 2.59. The van der Waals surface area contributed by atoms with Gasteiger partial charge in [0.1, 0.15) is 5.82 Å². The Bertz CT molecular complexity index is 410. The summed E-state index contributed by atoms with van der Waals surface area (Å²) in [6.07, 6.45) is 0. The molecule has 0 saturated carbocycles. The fourth-order valence-electron chi connectivity index (χ4n) is 1.24. The molecule has 1 rings (SSSR count).